The molecule has 2 unspecified atom stereocenters. The van der Waals surface area contributed by atoms with Gasteiger partial charge in [0.2, 0.25) is 10.0 Å². The normalized spacial score (nSPS) is 23.1. The molecule has 112 valence electrons. The minimum absolute atomic E-state index is 0.239. The van der Waals surface area contributed by atoms with Crippen molar-refractivity contribution in [1.29, 1.82) is 0 Å². The van der Waals surface area contributed by atoms with Crippen LogP contribution in [0.15, 0.2) is 17.0 Å². The van der Waals surface area contributed by atoms with Crippen LogP contribution in [0, 0.1) is 25.7 Å². The minimum atomic E-state index is -3.53. The summed E-state index contributed by atoms with van der Waals surface area (Å²) < 4.78 is 27.7. The van der Waals surface area contributed by atoms with Gasteiger partial charge in [-0.05, 0) is 43.2 Å². The van der Waals surface area contributed by atoms with Crippen LogP contribution in [-0.2, 0) is 10.0 Å². The molecule has 0 saturated heterocycles. The Morgan fingerprint density at radius 3 is 2.50 bits per heavy atom. The van der Waals surface area contributed by atoms with E-state index < -0.39 is 10.0 Å². The predicted molar refractivity (Wildman–Crippen MR) is 82.0 cm³/mol. The van der Waals surface area contributed by atoms with Gasteiger partial charge in [0, 0.05) is 6.54 Å². The first kappa shape index (κ1) is 15.3. The number of nitrogen functional groups attached to an aromatic ring is 1. The standard InChI is InChI=1S/C15H24N2O2S/c1-10-5-4-6-13(10)9-17-20(18,19)15-12(3)8-7-11(2)14(15)16/h7-8,10,13,17H,4-6,9,16H2,1-3H3. The van der Waals surface area contributed by atoms with E-state index in [0.29, 0.717) is 29.6 Å². The average molecular weight is 296 g/mol. The smallest absolute Gasteiger partial charge is 0.242 e. The lowest BCUT2D eigenvalue weighted by atomic mass is 9.99. The zero-order valence-electron chi connectivity index (χ0n) is 12.4. The van der Waals surface area contributed by atoms with Crippen molar-refractivity contribution >= 4 is 15.7 Å². The van der Waals surface area contributed by atoms with Gasteiger partial charge in [0.25, 0.3) is 0 Å². The van der Waals surface area contributed by atoms with Crippen LogP contribution in [0.2, 0.25) is 0 Å². The van der Waals surface area contributed by atoms with Crippen LogP contribution < -0.4 is 10.5 Å². The maximum absolute atomic E-state index is 12.5. The fraction of sp³-hybridized carbons (Fsp3) is 0.600. The molecule has 0 spiro atoms. The Hall–Kier alpha value is -1.07. The predicted octanol–water partition coefficient (Wildman–Crippen LogP) is 2.60. The fourth-order valence-corrected chi connectivity index (χ4v) is 4.50. The SMILES string of the molecule is Cc1ccc(C)c(S(=O)(=O)NCC2CCCC2C)c1N. The summed E-state index contributed by atoms with van der Waals surface area (Å²) in [6, 6.07) is 3.65. The summed E-state index contributed by atoms with van der Waals surface area (Å²) in [4.78, 5) is 0.239. The molecule has 1 aliphatic carbocycles. The second kappa shape index (κ2) is 5.74. The van der Waals surface area contributed by atoms with Crippen molar-refractivity contribution in [3.63, 3.8) is 0 Å². The fourth-order valence-electron chi connectivity index (χ4n) is 2.98. The lowest BCUT2D eigenvalue weighted by Crippen LogP contribution is -2.31. The minimum Gasteiger partial charge on any atom is -0.397 e. The maximum Gasteiger partial charge on any atom is 0.242 e. The van der Waals surface area contributed by atoms with Gasteiger partial charge in [-0.25, -0.2) is 13.1 Å². The molecule has 1 aromatic carbocycles. The van der Waals surface area contributed by atoms with Crippen molar-refractivity contribution in [2.24, 2.45) is 11.8 Å². The molecule has 0 aliphatic heterocycles. The van der Waals surface area contributed by atoms with Gasteiger partial charge in [0.1, 0.15) is 4.90 Å². The number of aryl methyl sites for hydroxylation is 2. The van der Waals surface area contributed by atoms with E-state index in [9.17, 15) is 8.42 Å². The van der Waals surface area contributed by atoms with Gasteiger partial charge in [0.15, 0.2) is 0 Å². The van der Waals surface area contributed by atoms with Crippen LogP contribution in [0.1, 0.15) is 37.3 Å². The molecule has 1 fully saturated rings. The molecule has 2 atom stereocenters. The molecule has 0 amide bonds. The van der Waals surface area contributed by atoms with Gasteiger partial charge in [-0.15, -0.1) is 0 Å². The van der Waals surface area contributed by atoms with Gasteiger partial charge in [0.05, 0.1) is 5.69 Å². The molecule has 0 heterocycles. The van der Waals surface area contributed by atoms with Gasteiger partial charge in [-0.1, -0.05) is 31.9 Å². The lowest BCUT2D eigenvalue weighted by Gasteiger charge is -2.18. The zero-order valence-corrected chi connectivity index (χ0v) is 13.3. The molecule has 3 N–H and O–H groups in total. The Labute approximate surface area is 121 Å². The third-order valence-electron chi connectivity index (χ3n) is 4.45. The second-order valence-electron chi connectivity index (χ2n) is 5.96. The monoisotopic (exact) mass is 296 g/mol. The quantitative estimate of drug-likeness (QED) is 0.839. The topological polar surface area (TPSA) is 72.2 Å². The summed E-state index contributed by atoms with van der Waals surface area (Å²) in [7, 11) is -3.53. The highest BCUT2D eigenvalue weighted by Crippen LogP contribution is 2.31. The highest BCUT2D eigenvalue weighted by molar-refractivity contribution is 7.89. The maximum atomic E-state index is 12.5. The van der Waals surface area contributed by atoms with Crippen molar-refractivity contribution < 1.29 is 8.42 Å². The molecule has 1 aromatic rings. The van der Waals surface area contributed by atoms with Crippen molar-refractivity contribution in [3.05, 3.63) is 23.3 Å². The molecule has 0 radical (unpaired) electrons. The van der Waals surface area contributed by atoms with E-state index in [1.54, 1.807) is 13.0 Å². The summed E-state index contributed by atoms with van der Waals surface area (Å²) in [6.07, 6.45) is 3.49. The molecule has 0 bridgehead atoms. The zero-order chi connectivity index (χ0) is 14.9. The molecule has 1 aliphatic rings. The van der Waals surface area contributed by atoms with Crippen LogP contribution in [0.3, 0.4) is 0 Å². The molecule has 4 nitrogen and oxygen atoms in total. The van der Waals surface area contributed by atoms with Crippen LogP contribution in [0.25, 0.3) is 0 Å². The molecule has 2 rings (SSSR count). The first-order valence-corrected chi connectivity index (χ1v) is 8.66. The lowest BCUT2D eigenvalue weighted by molar-refractivity contribution is 0.414. The van der Waals surface area contributed by atoms with Gasteiger partial charge in [-0.3, -0.25) is 0 Å². The number of sulfonamides is 1. The van der Waals surface area contributed by atoms with E-state index in [1.165, 1.54) is 12.8 Å². The van der Waals surface area contributed by atoms with E-state index in [1.807, 2.05) is 13.0 Å². The van der Waals surface area contributed by atoms with Crippen molar-refractivity contribution in [3.8, 4) is 0 Å². The molecule has 5 heteroatoms. The summed E-state index contributed by atoms with van der Waals surface area (Å²) >= 11 is 0. The summed E-state index contributed by atoms with van der Waals surface area (Å²) in [5.41, 5.74) is 7.81. The Bertz CT molecular complexity index is 596. The van der Waals surface area contributed by atoms with Crippen molar-refractivity contribution in [2.45, 2.75) is 44.9 Å². The Morgan fingerprint density at radius 1 is 1.25 bits per heavy atom. The number of nitrogens with two attached hydrogens (primary N) is 1. The van der Waals surface area contributed by atoms with Gasteiger partial charge >= 0.3 is 0 Å². The molecule has 0 aromatic heterocycles. The number of anilines is 1. The third kappa shape index (κ3) is 2.99. The van der Waals surface area contributed by atoms with Gasteiger partial charge in [-0.2, -0.15) is 0 Å². The Kier molecular flexibility index (Phi) is 4.39. The summed E-state index contributed by atoms with van der Waals surface area (Å²) in [6.45, 7) is 6.31. The highest BCUT2D eigenvalue weighted by Gasteiger charge is 2.27. The molecular weight excluding hydrogens is 272 g/mol. The second-order valence-corrected chi connectivity index (χ2v) is 7.67. The Balaban J connectivity index is 2.21. The average Bonchev–Trinajstić information content (AvgIpc) is 2.77. The number of benzene rings is 1. The Morgan fingerprint density at radius 2 is 1.90 bits per heavy atom. The summed E-state index contributed by atoms with van der Waals surface area (Å²) in [5, 5.41) is 0. The van der Waals surface area contributed by atoms with Crippen LogP contribution >= 0.6 is 0 Å². The highest BCUT2D eigenvalue weighted by atomic mass is 32.2. The van der Waals surface area contributed by atoms with Crippen LogP contribution in [-0.4, -0.2) is 15.0 Å². The van der Waals surface area contributed by atoms with E-state index >= 15 is 0 Å². The molecule has 1 saturated carbocycles. The summed E-state index contributed by atoms with van der Waals surface area (Å²) in [5.74, 6) is 1.03. The number of hydrogen-bond donors (Lipinski definition) is 2. The van der Waals surface area contributed by atoms with E-state index in [-0.39, 0.29) is 4.90 Å². The third-order valence-corrected chi connectivity index (χ3v) is 6.08. The number of rotatable bonds is 4. The first-order chi connectivity index (χ1) is 9.33. The van der Waals surface area contributed by atoms with Crippen LogP contribution in [0.4, 0.5) is 5.69 Å². The largest absolute Gasteiger partial charge is 0.397 e. The molecule has 20 heavy (non-hydrogen) atoms. The van der Waals surface area contributed by atoms with Crippen LogP contribution in [0.5, 0.6) is 0 Å². The molecular formula is C15H24N2O2S. The van der Waals surface area contributed by atoms with Crippen molar-refractivity contribution in [1.82, 2.24) is 4.72 Å². The van der Waals surface area contributed by atoms with Crippen molar-refractivity contribution in [2.75, 3.05) is 12.3 Å². The van der Waals surface area contributed by atoms with E-state index in [2.05, 4.69) is 11.6 Å². The first-order valence-electron chi connectivity index (χ1n) is 7.18. The number of nitrogens with one attached hydrogen (secondary N) is 1. The number of hydrogen-bond acceptors (Lipinski definition) is 3. The van der Waals surface area contributed by atoms with Gasteiger partial charge < -0.3 is 5.73 Å². The van der Waals surface area contributed by atoms with E-state index in [4.69, 9.17) is 5.73 Å². The van der Waals surface area contributed by atoms with E-state index in [0.717, 1.165) is 12.0 Å².